The van der Waals surface area contributed by atoms with Gasteiger partial charge in [-0.2, -0.15) is 0 Å². The van der Waals surface area contributed by atoms with Crippen LogP contribution < -0.4 is 5.56 Å². The van der Waals surface area contributed by atoms with Gasteiger partial charge in [-0.05, 0) is 37.6 Å². The maximum atomic E-state index is 13.5. The minimum atomic E-state index is -0.464. The van der Waals surface area contributed by atoms with Crippen LogP contribution >= 0.6 is 0 Å². The number of nitrogens with zero attached hydrogens (tertiary/aromatic N) is 4. The van der Waals surface area contributed by atoms with E-state index in [1.807, 2.05) is 12.1 Å². The summed E-state index contributed by atoms with van der Waals surface area (Å²) in [7, 11) is 1.59. The number of piperazine rings is 1. The number of pyridine rings is 2. The molecule has 2 aromatic rings. The van der Waals surface area contributed by atoms with Gasteiger partial charge in [0.15, 0.2) is 0 Å². The molecule has 1 aliphatic heterocycles. The second kappa shape index (κ2) is 10.4. The van der Waals surface area contributed by atoms with Crippen LogP contribution in [0.15, 0.2) is 35.4 Å². The predicted molar refractivity (Wildman–Crippen MR) is 115 cm³/mol. The van der Waals surface area contributed by atoms with Crippen LogP contribution in [0, 0.1) is 6.92 Å². The standard InChI is InChI=1S/C22H30N4O5/c1-4-31-22(29)25-11-9-24(10-12-25)20(17-5-7-23-8-6-17)19-18(27)15-16(2)26(21(19)28)13-14-30-3/h5-8,15,20,27H,4,9-14H2,1-3H3/t20-/m0/s1. The van der Waals surface area contributed by atoms with E-state index < -0.39 is 6.04 Å². The van der Waals surface area contributed by atoms with Gasteiger partial charge in [0.05, 0.1) is 24.8 Å². The Morgan fingerprint density at radius 2 is 1.90 bits per heavy atom. The van der Waals surface area contributed by atoms with E-state index in [4.69, 9.17) is 9.47 Å². The number of carbonyl (C=O) groups is 1. The monoisotopic (exact) mass is 430 g/mol. The zero-order chi connectivity index (χ0) is 22.4. The fourth-order valence-corrected chi connectivity index (χ4v) is 3.97. The van der Waals surface area contributed by atoms with Crippen molar-refractivity contribution in [1.29, 1.82) is 0 Å². The van der Waals surface area contributed by atoms with Crippen molar-refractivity contribution in [3.05, 3.63) is 57.8 Å². The number of hydrogen-bond donors (Lipinski definition) is 1. The molecule has 9 heteroatoms. The summed E-state index contributed by atoms with van der Waals surface area (Å²) in [4.78, 5) is 33.4. The second-order valence-corrected chi connectivity index (χ2v) is 7.44. The molecule has 0 saturated carbocycles. The summed E-state index contributed by atoms with van der Waals surface area (Å²) in [6.07, 6.45) is 3.01. The number of aryl methyl sites for hydroxylation is 1. The minimum absolute atomic E-state index is 0.0363. The van der Waals surface area contributed by atoms with Gasteiger partial charge in [0.2, 0.25) is 0 Å². The van der Waals surface area contributed by atoms with Crippen molar-refractivity contribution < 1.29 is 19.4 Å². The van der Waals surface area contributed by atoms with Crippen molar-refractivity contribution in [1.82, 2.24) is 19.4 Å². The Balaban J connectivity index is 1.99. The topological polar surface area (TPSA) is 97.1 Å². The zero-order valence-electron chi connectivity index (χ0n) is 18.3. The molecule has 9 nitrogen and oxygen atoms in total. The second-order valence-electron chi connectivity index (χ2n) is 7.44. The molecule has 168 valence electrons. The van der Waals surface area contributed by atoms with Gasteiger partial charge in [-0.3, -0.25) is 14.7 Å². The average molecular weight is 431 g/mol. The molecule has 2 aromatic heterocycles. The smallest absolute Gasteiger partial charge is 0.409 e. The first kappa shape index (κ1) is 22.8. The Morgan fingerprint density at radius 1 is 1.23 bits per heavy atom. The molecule has 0 bridgehead atoms. The van der Waals surface area contributed by atoms with Crippen molar-refractivity contribution >= 4 is 6.09 Å². The third kappa shape index (κ3) is 5.05. The van der Waals surface area contributed by atoms with Crippen LogP contribution in [-0.4, -0.2) is 77.1 Å². The number of hydrogen-bond acceptors (Lipinski definition) is 7. The maximum Gasteiger partial charge on any atom is 0.409 e. The van der Waals surface area contributed by atoms with E-state index in [9.17, 15) is 14.7 Å². The van der Waals surface area contributed by atoms with Gasteiger partial charge in [0.25, 0.3) is 5.56 Å². The number of carbonyl (C=O) groups excluding carboxylic acids is 1. The molecule has 0 aliphatic carbocycles. The van der Waals surface area contributed by atoms with Crippen LogP contribution in [0.2, 0.25) is 0 Å². The van der Waals surface area contributed by atoms with Gasteiger partial charge in [-0.15, -0.1) is 0 Å². The van der Waals surface area contributed by atoms with E-state index in [0.29, 0.717) is 57.2 Å². The van der Waals surface area contributed by atoms with E-state index in [2.05, 4.69) is 9.88 Å². The number of aromatic hydroxyl groups is 1. The average Bonchev–Trinajstić information content (AvgIpc) is 2.77. The lowest BCUT2D eigenvalue weighted by atomic mass is 9.97. The summed E-state index contributed by atoms with van der Waals surface area (Å²) in [6.45, 7) is 6.72. The maximum absolute atomic E-state index is 13.5. The summed E-state index contributed by atoms with van der Waals surface area (Å²) >= 11 is 0. The number of aromatic nitrogens is 2. The van der Waals surface area contributed by atoms with Crippen molar-refractivity contribution in [3.8, 4) is 5.75 Å². The van der Waals surface area contributed by atoms with E-state index in [0.717, 1.165) is 5.56 Å². The molecule has 1 saturated heterocycles. The molecule has 3 heterocycles. The summed E-state index contributed by atoms with van der Waals surface area (Å²) in [5, 5.41) is 10.8. The summed E-state index contributed by atoms with van der Waals surface area (Å²) in [5.74, 6) is -0.0363. The third-order valence-corrected chi connectivity index (χ3v) is 5.54. The Morgan fingerprint density at radius 3 is 2.52 bits per heavy atom. The Bertz CT molecular complexity index is 939. The SMILES string of the molecule is CCOC(=O)N1CCN([C@@H](c2ccncc2)c2c(O)cc(C)n(CCOC)c2=O)CC1. The first-order chi connectivity index (χ1) is 15.0. The van der Waals surface area contributed by atoms with E-state index in [1.165, 1.54) is 0 Å². The van der Waals surface area contributed by atoms with Gasteiger partial charge < -0.3 is 24.0 Å². The minimum Gasteiger partial charge on any atom is -0.507 e. The van der Waals surface area contributed by atoms with Gasteiger partial charge >= 0.3 is 6.09 Å². The summed E-state index contributed by atoms with van der Waals surface area (Å²) in [5.41, 5.74) is 1.60. The highest BCUT2D eigenvalue weighted by molar-refractivity contribution is 5.67. The first-order valence-electron chi connectivity index (χ1n) is 10.5. The Labute approximate surface area is 181 Å². The first-order valence-corrected chi connectivity index (χ1v) is 10.5. The lowest BCUT2D eigenvalue weighted by molar-refractivity contribution is 0.0709. The van der Waals surface area contributed by atoms with Crippen molar-refractivity contribution in [3.63, 3.8) is 0 Å². The molecule has 31 heavy (non-hydrogen) atoms. The van der Waals surface area contributed by atoms with E-state index in [1.54, 1.807) is 48.9 Å². The quantitative estimate of drug-likeness (QED) is 0.715. The number of rotatable bonds is 7. The van der Waals surface area contributed by atoms with Crippen molar-refractivity contribution in [2.45, 2.75) is 26.4 Å². The molecule has 1 atom stereocenters. The lowest BCUT2D eigenvalue weighted by Gasteiger charge is -2.39. The van der Waals surface area contributed by atoms with E-state index in [-0.39, 0.29) is 17.4 Å². The fraction of sp³-hybridized carbons (Fsp3) is 0.500. The molecule has 1 aliphatic rings. The highest BCUT2D eigenvalue weighted by atomic mass is 16.6. The predicted octanol–water partition coefficient (Wildman–Crippen LogP) is 1.77. The molecule has 0 unspecified atom stereocenters. The third-order valence-electron chi connectivity index (χ3n) is 5.54. The fourth-order valence-electron chi connectivity index (χ4n) is 3.97. The number of methoxy groups -OCH3 is 1. The molecular weight excluding hydrogens is 400 g/mol. The number of amides is 1. The van der Waals surface area contributed by atoms with Crippen LogP contribution in [0.3, 0.4) is 0 Å². The molecular formula is C22H30N4O5. The molecule has 1 amide bonds. The molecule has 1 N–H and O–H groups in total. The molecule has 1 fully saturated rings. The Kier molecular flexibility index (Phi) is 7.64. The van der Waals surface area contributed by atoms with Crippen LogP contribution in [0.5, 0.6) is 5.75 Å². The summed E-state index contributed by atoms with van der Waals surface area (Å²) in [6, 6.07) is 4.85. The van der Waals surface area contributed by atoms with Crippen molar-refractivity contribution in [2.75, 3.05) is 46.5 Å². The zero-order valence-corrected chi connectivity index (χ0v) is 18.3. The largest absolute Gasteiger partial charge is 0.507 e. The van der Waals surface area contributed by atoms with Gasteiger partial charge in [0, 0.05) is 57.9 Å². The van der Waals surface area contributed by atoms with Crippen molar-refractivity contribution in [2.24, 2.45) is 0 Å². The van der Waals surface area contributed by atoms with Gasteiger partial charge in [0.1, 0.15) is 5.75 Å². The van der Waals surface area contributed by atoms with Gasteiger partial charge in [-0.1, -0.05) is 0 Å². The van der Waals surface area contributed by atoms with Crippen LogP contribution in [0.4, 0.5) is 4.79 Å². The summed E-state index contributed by atoms with van der Waals surface area (Å²) < 4.78 is 11.9. The normalized spacial score (nSPS) is 15.6. The Hall–Kier alpha value is -2.91. The van der Waals surface area contributed by atoms with Gasteiger partial charge in [-0.25, -0.2) is 4.79 Å². The highest BCUT2D eigenvalue weighted by Gasteiger charge is 2.32. The number of ether oxygens (including phenoxy) is 2. The molecule has 0 radical (unpaired) electrons. The van der Waals surface area contributed by atoms with E-state index >= 15 is 0 Å². The molecule has 0 aromatic carbocycles. The molecule has 3 rings (SSSR count). The molecule has 0 spiro atoms. The van der Waals surface area contributed by atoms with Crippen LogP contribution in [-0.2, 0) is 16.0 Å². The highest BCUT2D eigenvalue weighted by Crippen LogP contribution is 2.33. The van der Waals surface area contributed by atoms with Crippen LogP contribution in [0.25, 0.3) is 0 Å². The van der Waals surface area contributed by atoms with Crippen LogP contribution in [0.1, 0.15) is 29.8 Å². The lowest BCUT2D eigenvalue weighted by Crippen LogP contribution is -2.50.